The summed E-state index contributed by atoms with van der Waals surface area (Å²) < 4.78 is 0. The average molecular weight is 373 g/mol. The van der Waals surface area contributed by atoms with Crippen LogP contribution in [0.3, 0.4) is 0 Å². The van der Waals surface area contributed by atoms with E-state index in [1.165, 1.54) is 47.2 Å². The molecular formula is C26H32N2. The van der Waals surface area contributed by atoms with Crippen molar-refractivity contribution < 1.29 is 0 Å². The predicted octanol–water partition coefficient (Wildman–Crippen LogP) is 5.97. The summed E-state index contributed by atoms with van der Waals surface area (Å²) in [4.78, 5) is 4.65. The van der Waals surface area contributed by atoms with Gasteiger partial charge in [0, 0.05) is 32.9 Å². The third-order valence-corrected chi connectivity index (χ3v) is 6.11. The largest absolute Gasteiger partial charge is 0.378 e. The molecule has 0 amide bonds. The second-order valence-corrected chi connectivity index (χ2v) is 8.39. The number of nitrogens with zero attached hydrogens (tertiary/aromatic N) is 2. The van der Waals surface area contributed by atoms with Crippen molar-refractivity contribution in [2.24, 2.45) is 5.92 Å². The summed E-state index contributed by atoms with van der Waals surface area (Å²) in [6.45, 7) is 2.20. The van der Waals surface area contributed by atoms with Crippen molar-refractivity contribution in [3.05, 3.63) is 83.6 Å². The van der Waals surface area contributed by atoms with Crippen molar-refractivity contribution in [1.29, 1.82) is 0 Å². The summed E-state index contributed by atoms with van der Waals surface area (Å²) in [5.41, 5.74) is 7.09. The Morgan fingerprint density at radius 3 is 2.54 bits per heavy atom. The maximum Gasteiger partial charge on any atom is 0.0363 e. The normalized spacial score (nSPS) is 21.9. The van der Waals surface area contributed by atoms with Crippen LogP contribution in [0.1, 0.15) is 37.7 Å². The van der Waals surface area contributed by atoms with E-state index in [0.717, 1.165) is 31.8 Å². The summed E-state index contributed by atoms with van der Waals surface area (Å²) in [5, 5.41) is 0. The molecular weight excluding hydrogens is 340 g/mol. The molecule has 4 rings (SSSR count). The van der Waals surface area contributed by atoms with E-state index in [4.69, 9.17) is 0 Å². The van der Waals surface area contributed by atoms with Crippen LogP contribution in [0.15, 0.2) is 78.1 Å². The second-order valence-electron chi connectivity index (χ2n) is 8.39. The molecule has 0 aromatic heterocycles. The van der Waals surface area contributed by atoms with Crippen LogP contribution in [0.5, 0.6) is 0 Å². The number of allylic oxidation sites excluding steroid dienone is 8. The lowest BCUT2D eigenvalue weighted by Gasteiger charge is -2.30. The zero-order valence-corrected chi connectivity index (χ0v) is 17.3. The highest BCUT2D eigenvalue weighted by molar-refractivity contribution is 5.68. The van der Waals surface area contributed by atoms with E-state index >= 15 is 0 Å². The molecule has 2 heteroatoms. The Balaban J connectivity index is 1.33. The number of benzene rings is 1. The molecule has 2 aliphatic carbocycles. The molecule has 1 heterocycles. The molecule has 1 unspecified atom stereocenters. The Hall–Kier alpha value is -2.48. The molecule has 1 atom stereocenters. The van der Waals surface area contributed by atoms with Crippen molar-refractivity contribution in [2.75, 3.05) is 32.1 Å². The van der Waals surface area contributed by atoms with Crippen LogP contribution >= 0.6 is 0 Å². The van der Waals surface area contributed by atoms with Crippen LogP contribution < -0.4 is 4.90 Å². The molecule has 28 heavy (non-hydrogen) atoms. The topological polar surface area (TPSA) is 6.48 Å². The van der Waals surface area contributed by atoms with Gasteiger partial charge in [-0.05, 0) is 84.7 Å². The molecule has 0 bridgehead atoms. The first-order valence-corrected chi connectivity index (χ1v) is 10.6. The van der Waals surface area contributed by atoms with Crippen molar-refractivity contribution in [3.63, 3.8) is 0 Å². The zero-order chi connectivity index (χ0) is 19.3. The van der Waals surface area contributed by atoms with Crippen LogP contribution in [-0.4, -0.2) is 32.1 Å². The van der Waals surface area contributed by atoms with E-state index in [9.17, 15) is 0 Å². The Morgan fingerprint density at radius 2 is 1.86 bits per heavy atom. The highest BCUT2D eigenvalue weighted by Gasteiger charge is 2.19. The SMILES string of the molecule is CN(C)c1ccc(C2=CCCC(CN3C=CC(C4=CCC=CC4)=CC3)C2)cc1. The van der Waals surface area contributed by atoms with Gasteiger partial charge in [0.1, 0.15) is 0 Å². The van der Waals surface area contributed by atoms with Gasteiger partial charge in [0.05, 0.1) is 0 Å². The summed E-state index contributed by atoms with van der Waals surface area (Å²) in [6, 6.07) is 9.03. The molecule has 1 aromatic carbocycles. The van der Waals surface area contributed by atoms with Gasteiger partial charge in [-0.25, -0.2) is 0 Å². The number of hydrogen-bond donors (Lipinski definition) is 0. The van der Waals surface area contributed by atoms with Crippen LogP contribution in [-0.2, 0) is 0 Å². The summed E-state index contributed by atoms with van der Waals surface area (Å²) in [6.07, 6.45) is 22.3. The molecule has 1 aromatic rings. The van der Waals surface area contributed by atoms with Gasteiger partial charge in [0.2, 0.25) is 0 Å². The van der Waals surface area contributed by atoms with E-state index in [1.54, 1.807) is 0 Å². The molecule has 2 nitrogen and oxygen atoms in total. The standard InChI is InChI=1S/C26H32N2/c1-27(2)26-13-11-23(12-14-26)25-10-6-7-21(19-25)20-28-17-15-24(16-18-28)22-8-4-3-5-9-22/h3-4,9-17,21H,5-8,18-20H2,1-2H3. The van der Waals surface area contributed by atoms with Crippen LogP contribution in [0.4, 0.5) is 5.69 Å². The van der Waals surface area contributed by atoms with Crippen molar-refractivity contribution in [2.45, 2.75) is 32.1 Å². The fourth-order valence-corrected chi connectivity index (χ4v) is 4.43. The molecule has 0 fully saturated rings. The zero-order valence-electron chi connectivity index (χ0n) is 17.3. The van der Waals surface area contributed by atoms with Crippen molar-refractivity contribution in [1.82, 2.24) is 4.90 Å². The number of rotatable bonds is 5. The first-order valence-electron chi connectivity index (χ1n) is 10.6. The lowest BCUT2D eigenvalue weighted by Crippen LogP contribution is -2.28. The first kappa shape index (κ1) is 18.9. The maximum absolute atomic E-state index is 2.49. The van der Waals surface area contributed by atoms with Crippen molar-refractivity contribution in [3.8, 4) is 0 Å². The molecule has 0 radical (unpaired) electrons. The Kier molecular flexibility index (Phi) is 5.85. The van der Waals surface area contributed by atoms with Gasteiger partial charge in [-0.15, -0.1) is 0 Å². The van der Waals surface area contributed by atoms with Crippen LogP contribution in [0.2, 0.25) is 0 Å². The molecule has 146 valence electrons. The smallest absolute Gasteiger partial charge is 0.0363 e. The fourth-order valence-electron chi connectivity index (χ4n) is 4.43. The van der Waals surface area contributed by atoms with E-state index in [-0.39, 0.29) is 0 Å². The summed E-state index contributed by atoms with van der Waals surface area (Å²) in [7, 11) is 4.19. The van der Waals surface area contributed by atoms with Gasteiger partial charge < -0.3 is 9.80 Å². The van der Waals surface area contributed by atoms with Crippen LogP contribution in [0, 0.1) is 5.92 Å². The van der Waals surface area contributed by atoms with Gasteiger partial charge in [-0.3, -0.25) is 0 Å². The third kappa shape index (κ3) is 4.49. The molecule has 0 saturated heterocycles. The van der Waals surface area contributed by atoms with E-state index < -0.39 is 0 Å². The number of hydrogen-bond acceptors (Lipinski definition) is 2. The second kappa shape index (κ2) is 8.68. The maximum atomic E-state index is 2.49. The first-order chi connectivity index (χ1) is 13.7. The lowest BCUT2D eigenvalue weighted by molar-refractivity contribution is 0.315. The molecule has 0 N–H and O–H groups in total. The average Bonchev–Trinajstić information content (AvgIpc) is 2.75. The minimum absolute atomic E-state index is 0.741. The third-order valence-electron chi connectivity index (χ3n) is 6.11. The van der Waals surface area contributed by atoms with Gasteiger partial charge in [0.15, 0.2) is 0 Å². The Bertz CT molecular complexity index is 834. The fraction of sp³-hybridized carbons (Fsp3) is 0.385. The Labute approximate surface area is 170 Å². The monoisotopic (exact) mass is 372 g/mol. The lowest BCUT2D eigenvalue weighted by atomic mass is 9.85. The van der Waals surface area contributed by atoms with Gasteiger partial charge in [-0.1, -0.05) is 42.5 Å². The molecule has 3 aliphatic rings. The molecule has 0 spiro atoms. The summed E-state index contributed by atoms with van der Waals surface area (Å²) in [5.74, 6) is 0.741. The van der Waals surface area contributed by atoms with Gasteiger partial charge in [0.25, 0.3) is 0 Å². The van der Waals surface area contributed by atoms with Crippen LogP contribution in [0.25, 0.3) is 5.57 Å². The highest BCUT2D eigenvalue weighted by atomic mass is 15.1. The highest BCUT2D eigenvalue weighted by Crippen LogP contribution is 2.33. The summed E-state index contributed by atoms with van der Waals surface area (Å²) >= 11 is 0. The molecule has 0 saturated carbocycles. The van der Waals surface area contributed by atoms with E-state index in [0.29, 0.717) is 0 Å². The van der Waals surface area contributed by atoms with Gasteiger partial charge in [-0.2, -0.15) is 0 Å². The number of anilines is 1. The molecule has 1 aliphatic heterocycles. The predicted molar refractivity (Wildman–Crippen MR) is 121 cm³/mol. The quantitative estimate of drug-likeness (QED) is 0.588. The van der Waals surface area contributed by atoms with Gasteiger partial charge >= 0.3 is 0 Å². The minimum Gasteiger partial charge on any atom is -0.378 e. The van der Waals surface area contributed by atoms with E-state index in [2.05, 4.69) is 90.8 Å². The van der Waals surface area contributed by atoms with E-state index in [1.807, 2.05) is 0 Å². The Morgan fingerprint density at radius 1 is 1.00 bits per heavy atom. The minimum atomic E-state index is 0.741. The van der Waals surface area contributed by atoms with Crippen molar-refractivity contribution >= 4 is 11.3 Å².